The minimum atomic E-state index is -0.0392. The Bertz CT molecular complexity index is 1350. The quantitative estimate of drug-likeness (QED) is 0.504. The fourth-order valence-electron chi connectivity index (χ4n) is 3.31. The van der Waals surface area contributed by atoms with Gasteiger partial charge in [0.05, 0.1) is 25.4 Å². The molecule has 0 aliphatic carbocycles. The monoisotopic (exact) mass is 388 g/mol. The molecule has 0 aliphatic heterocycles. The number of ether oxygens (including phenoxy) is 1. The van der Waals surface area contributed by atoms with Crippen LogP contribution in [0, 0.1) is 0 Å². The minimum Gasteiger partial charge on any atom is -0.497 e. The van der Waals surface area contributed by atoms with Crippen LogP contribution in [0.4, 0.5) is 0 Å². The molecule has 0 aliphatic rings. The van der Waals surface area contributed by atoms with Crippen LogP contribution in [-0.2, 0) is 6.54 Å². The van der Waals surface area contributed by atoms with E-state index < -0.39 is 0 Å². The molecule has 0 bridgehead atoms. The smallest absolute Gasteiger partial charge is 0.262 e. The molecule has 138 valence electrons. The molecule has 1 aromatic carbocycles. The summed E-state index contributed by atoms with van der Waals surface area (Å²) in [6.45, 7) is 0.467. The van der Waals surface area contributed by atoms with Crippen LogP contribution in [0.1, 0.15) is 5.56 Å². The Morgan fingerprint density at radius 3 is 2.79 bits per heavy atom. The highest BCUT2D eigenvalue weighted by molar-refractivity contribution is 7.21. The van der Waals surface area contributed by atoms with E-state index in [1.165, 1.54) is 11.3 Å². The van der Waals surface area contributed by atoms with Gasteiger partial charge in [-0.3, -0.25) is 9.36 Å². The normalized spacial score (nSPS) is 11.3. The molecule has 0 saturated heterocycles. The maximum atomic E-state index is 13.0. The third-order valence-corrected chi connectivity index (χ3v) is 5.83. The Morgan fingerprint density at radius 1 is 1.11 bits per heavy atom. The van der Waals surface area contributed by atoms with Gasteiger partial charge in [0.15, 0.2) is 0 Å². The summed E-state index contributed by atoms with van der Waals surface area (Å²) in [5.41, 5.74) is 2.86. The van der Waals surface area contributed by atoms with E-state index in [0.717, 1.165) is 37.6 Å². The second kappa shape index (κ2) is 6.61. The Kier molecular flexibility index (Phi) is 3.95. The Morgan fingerprint density at radius 2 is 1.96 bits per heavy atom. The third-order valence-electron chi connectivity index (χ3n) is 4.76. The first kappa shape index (κ1) is 16.7. The first-order chi connectivity index (χ1) is 13.7. The number of H-pyrrole nitrogens is 1. The molecule has 6 nitrogen and oxygen atoms in total. The van der Waals surface area contributed by atoms with E-state index in [1.807, 2.05) is 48.7 Å². The molecule has 1 N–H and O–H groups in total. The van der Waals surface area contributed by atoms with Crippen molar-refractivity contribution in [3.05, 3.63) is 77.1 Å². The van der Waals surface area contributed by atoms with Gasteiger partial charge in [-0.25, -0.2) is 9.97 Å². The highest BCUT2D eigenvalue weighted by atomic mass is 32.1. The van der Waals surface area contributed by atoms with Crippen molar-refractivity contribution in [3.8, 4) is 16.2 Å². The Labute approximate surface area is 164 Å². The van der Waals surface area contributed by atoms with Crippen molar-refractivity contribution in [2.45, 2.75) is 6.54 Å². The summed E-state index contributed by atoms with van der Waals surface area (Å²) in [5.74, 6) is 0.792. The molecule has 0 spiro atoms. The molecule has 0 amide bonds. The van der Waals surface area contributed by atoms with Gasteiger partial charge in [-0.1, -0.05) is 12.1 Å². The van der Waals surface area contributed by atoms with E-state index in [-0.39, 0.29) is 5.56 Å². The molecular weight excluding hydrogens is 372 g/mol. The van der Waals surface area contributed by atoms with Gasteiger partial charge in [0.25, 0.3) is 5.56 Å². The van der Waals surface area contributed by atoms with Gasteiger partial charge >= 0.3 is 0 Å². The zero-order valence-electron chi connectivity index (χ0n) is 15.0. The molecule has 4 aromatic heterocycles. The van der Waals surface area contributed by atoms with Crippen LogP contribution in [0.5, 0.6) is 5.75 Å². The molecule has 7 heteroatoms. The average Bonchev–Trinajstić information content (AvgIpc) is 3.37. The van der Waals surface area contributed by atoms with Gasteiger partial charge in [-0.2, -0.15) is 0 Å². The van der Waals surface area contributed by atoms with Crippen molar-refractivity contribution < 1.29 is 4.74 Å². The van der Waals surface area contributed by atoms with Crippen LogP contribution < -0.4 is 10.3 Å². The van der Waals surface area contributed by atoms with Crippen LogP contribution in [0.3, 0.4) is 0 Å². The molecule has 0 radical (unpaired) electrons. The largest absolute Gasteiger partial charge is 0.497 e. The maximum Gasteiger partial charge on any atom is 0.262 e. The zero-order valence-corrected chi connectivity index (χ0v) is 15.9. The molecular formula is C21H16N4O2S. The molecule has 0 fully saturated rings. The second-order valence-corrected chi connectivity index (χ2v) is 7.48. The Hall–Kier alpha value is -3.45. The number of benzene rings is 1. The SMILES string of the molecule is COc1ccc(Cn2cnc3sc(-c4ccnc5[nH]ccc45)cc3c2=O)cc1. The van der Waals surface area contributed by atoms with Gasteiger partial charge in [0.2, 0.25) is 0 Å². The minimum absolute atomic E-state index is 0.0392. The Balaban J connectivity index is 1.56. The predicted octanol–water partition coefficient (Wildman–Crippen LogP) is 4.06. The predicted molar refractivity (Wildman–Crippen MR) is 111 cm³/mol. The number of methoxy groups -OCH3 is 1. The van der Waals surface area contributed by atoms with E-state index in [0.29, 0.717) is 11.9 Å². The van der Waals surface area contributed by atoms with E-state index in [1.54, 1.807) is 24.2 Å². The van der Waals surface area contributed by atoms with Gasteiger partial charge < -0.3 is 9.72 Å². The number of nitrogens with one attached hydrogen (secondary N) is 1. The number of hydrogen-bond acceptors (Lipinski definition) is 5. The topological polar surface area (TPSA) is 72.8 Å². The van der Waals surface area contributed by atoms with Crippen molar-refractivity contribution in [3.63, 3.8) is 0 Å². The summed E-state index contributed by atoms with van der Waals surface area (Å²) in [7, 11) is 1.63. The molecule has 0 atom stereocenters. The van der Waals surface area contributed by atoms with Crippen LogP contribution >= 0.6 is 11.3 Å². The first-order valence-electron chi connectivity index (χ1n) is 8.77. The average molecular weight is 388 g/mol. The third kappa shape index (κ3) is 2.76. The summed E-state index contributed by atoms with van der Waals surface area (Å²) < 4.78 is 6.82. The molecule has 4 heterocycles. The highest BCUT2D eigenvalue weighted by Gasteiger charge is 2.13. The number of hydrogen-bond donors (Lipinski definition) is 1. The van der Waals surface area contributed by atoms with Gasteiger partial charge in [0, 0.05) is 28.2 Å². The summed E-state index contributed by atoms with van der Waals surface area (Å²) in [5, 5.41) is 1.67. The maximum absolute atomic E-state index is 13.0. The number of rotatable bonds is 4. The summed E-state index contributed by atoms with van der Waals surface area (Å²) in [6.07, 6.45) is 5.26. The lowest BCUT2D eigenvalue weighted by Gasteiger charge is -2.06. The van der Waals surface area contributed by atoms with Gasteiger partial charge in [-0.05, 0) is 35.9 Å². The van der Waals surface area contributed by atoms with Gasteiger partial charge in [0.1, 0.15) is 16.2 Å². The lowest BCUT2D eigenvalue weighted by atomic mass is 10.1. The van der Waals surface area contributed by atoms with Crippen molar-refractivity contribution >= 4 is 32.6 Å². The molecule has 5 aromatic rings. The van der Waals surface area contributed by atoms with Crippen LogP contribution in [0.25, 0.3) is 31.7 Å². The van der Waals surface area contributed by atoms with Gasteiger partial charge in [-0.15, -0.1) is 11.3 Å². The van der Waals surface area contributed by atoms with Crippen molar-refractivity contribution in [1.82, 2.24) is 19.5 Å². The number of nitrogens with zero attached hydrogens (tertiary/aromatic N) is 3. The fourth-order valence-corrected chi connectivity index (χ4v) is 4.34. The van der Waals surface area contributed by atoms with E-state index >= 15 is 0 Å². The lowest BCUT2D eigenvalue weighted by Crippen LogP contribution is -2.20. The standard InChI is InChI=1S/C21H16N4O2S/c1-27-14-4-2-13(3-5-14)11-25-12-24-20-17(21(25)26)10-18(28-20)15-6-8-22-19-16(15)7-9-23-19/h2-10,12H,11H2,1H3,(H,22,23). The molecule has 0 saturated carbocycles. The molecule has 0 unspecified atom stereocenters. The summed E-state index contributed by atoms with van der Waals surface area (Å²) in [4.78, 5) is 26.7. The van der Waals surface area contributed by atoms with E-state index in [9.17, 15) is 4.79 Å². The first-order valence-corrected chi connectivity index (χ1v) is 9.59. The summed E-state index contributed by atoms with van der Waals surface area (Å²) >= 11 is 1.52. The summed E-state index contributed by atoms with van der Waals surface area (Å²) in [6, 6.07) is 13.6. The number of fused-ring (bicyclic) bond motifs is 2. The van der Waals surface area contributed by atoms with Crippen LogP contribution in [0.2, 0.25) is 0 Å². The number of aromatic nitrogens is 4. The fraction of sp³-hybridized carbons (Fsp3) is 0.0952. The lowest BCUT2D eigenvalue weighted by molar-refractivity contribution is 0.414. The number of aromatic amines is 1. The van der Waals surface area contributed by atoms with E-state index in [2.05, 4.69) is 15.0 Å². The van der Waals surface area contributed by atoms with E-state index in [4.69, 9.17) is 4.74 Å². The van der Waals surface area contributed by atoms with Crippen LogP contribution in [-0.4, -0.2) is 26.6 Å². The molecule has 28 heavy (non-hydrogen) atoms. The van der Waals surface area contributed by atoms with Crippen LogP contribution in [0.15, 0.2) is 66.0 Å². The number of pyridine rings is 1. The van der Waals surface area contributed by atoms with Crippen molar-refractivity contribution in [1.29, 1.82) is 0 Å². The zero-order chi connectivity index (χ0) is 19.1. The second-order valence-electron chi connectivity index (χ2n) is 6.45. The number of thiophene rings is 1. The van der Waals surface area contributed by atoms with Crippen molar-refractivity contribution in [2.24, 2.45) is 0 Å². The molecule has 5 rings (SSSR count). The highest BCUT2D eigenvalue weighted by Crippen LogP contribution is 2.34. The van der Waals surface area contributed by atoms with Crippen molar-refractivity contribution in [2.75, 3.05) is 7.11 Å².